The van der Waals surface area contributed by atoms with Crippen LogP contribution >= 0.6 is 0 Å². The molecule has 2 aromatic rings. The standard InChI is InChI=1S/C20H28N4O2/c1-24(2)17-8-5-16(6-9-17)14-23-20(21)22-12-11-15-7-10-18(25-3)19(13-15)26-4/h5-10,13H,11-12,14H2,1-4H3,(H3,21,22,23). The van der Waals surface area contributed by atoms with Gasteiger partial charge >= 0.3 is 0 Å². The first-order valence-electron chi connectivity index (χ1n) is 8.54. The lowest BCUT2D eigenvalue weighted by molar-refractivity contribution is 0.354. The van der Waals surface area contributed by atoms with Crippen molar-refractivity contribution < 1.29 is 9.47 Å². The summed E-state index contributed by atoms with van der Waals surface area (Å²) in [6.45, 7) is 1.26. The summed E-state index contributed by atoms with van der Waals surface area (Å²) >= 11 is 0. The highest BCUT2D eigenvalue weighted by Gasteiger charge is 2.04. The highest BCUT2D eigenvalue weighted by Crippen LogP contribution is 2.27. The highest BCUT2D eigenvalue weighted by molar-refractivity contribution is 5.77. The van der Waals surface area contributed by atoms with Crippen LogP contribution in [0, 0.1) is 0 Å². The minimum Gasteiger partial charge on any atom is -0.493 e. The normalized spacial score (nSPS) is 11.2. The molecule has 6 nitrogen and oxygen atoms in total. The summed E-state index contributed by atoms with van der Waals surface area (Å²) in [5.41, 5.74) is 9.38. The first kappa shape index (κ1) is 19.4. The Labute approximate surface area is 155 Å². The fraction of sp³-hybridized carbons (Fsp3) is 0.350. The minimum absolute atomic E-state index is 0.446. The summed E-state index contributed by atoms with van der Waals surface area (Å²) in [6, 6.07) is 14.2. The van der Waals surface area contributed by atoms with Gasteiger partial charge in [-0.3, -0.25) is 0 Å². The molecule has 6 heteroatoms. The molecule has 26 heavy (non-hydrogen) atoms. The van der Waals surface area contributed by atoms with Crippen molar-refractivity contribution in [1.29, 1.82) is 0 Å². The van der Waals surface area contributed by atoms with Crippen LogP contribution in [0.5, 0.6) is 11.5 Å². The van der Waals surface area contributed by atoms with Gasteiger partial charge in [-0.1, -0.05) is 18.2 Å². The molecule has 3 N–H and O–H groups in total. The number of anilines is 1. The van der Waals surface area contributed by atoms with Crippen molar-refractivity contribution in [2.45, 2.75) is 13.0 Å². The van der Waals surface area contributed by atoms with Gasteiger partial charge in [0.2, 0.25) is 0 Å². The minimum atomic E-state index is 0.446. The lowest BCUT2D eigenvalue weighted by Crippen LogP contribution is -2.33. The van der Waals surface area contributed by atoms with Gasteiger partial charge in [0.05, 0.1) is 20.8 Å². The van der Waals surface area contributed by atoms with E-state index in [2.05, 4.69) is 39.5 Å². The summed E-state index contributed by atoms with van der Waals surface area (Å²) in [5.74, 6) is 1.90. The summed E-state index contributed by atoms with van der Waals surface area (Å²) < 4.78 is 10.6. The Kier molecular flexibility index (Phi) is 7.14. The molecule has 0 bridgehead atoms. The van der Waals surface area contributed by atoms with Gasteiger partial charge in [-0.2, -0.15) is 0 Å². The van der Waals surface area contributed by atoms with Crippen molar-refractivity contribution in [3.63, 3.8) is 0 Å². The molecule has 0 aromatic heterocycles. The van der Waals surface area contributed by atoms with E-state index in [0.717, 1.165) is 29.0 Å². The van der Waals surface area contributed by atoms with Crippen LogP contribution in [0.2, 0.25) is 0 Å². The van der Waals surface area contributed by atoms with Crippen LogP contribution in [0.1, 0.15) is 11.1 Å². The third-order valence-electron chi connectivity index (χ3n) is 4.05. The average Bonchev–Trinajstić information content (AvgIpc) is 2.66. The second-order valence-electron chi connectivity index (χ2n) is 6.13. The molecule has 0 aliphatic rings. The number of nitrogens with two attached hydrogens (primary N) is 1. The van der Waals surface area contributed by atoms with E-state index in [9.17, 15) is 0 Å². The SMILES string of the molecule is COc1ccc(CCNC(N)=NCc2ccc(N(C)C)cc2)cc1OC. The van der Waals surface area contributed by atoms with E-state index in [4.69, 9.17) is 15.2 Å². The predicted molar refractivity (Wildman–Crippen MR) is 107 cm³/mol. The first-order valence-corrected chi connectivity index (χ1v) is 8.54. The maximum absolute atomic E-state index is 5.95. The molecule has 140 valence electrons. The number of hydrogen-bond donors (Lipinski definition) is 2. The first-order chi connectivity index (χ1) is 12.5. The van der Waals surface area contributed by atoms with Gasteiger partial charge in [0.25, 0.3) is 0 Å². The quantitative estimate of drug-likeness (QED) is 0.561. The number of ether oxygens (including phenoxy) is 2. The van der Waals surface area contributed by atoms with Crippen molar-refractivity contribution in [3.8, 4) is 11.5 Å². The Morgan fingerprint density at radius 3 is 2.27 bits per heavy atom. The lowest BCUT2D eigenvalue weighted by atomic mass is 10.1. The van der Waals surface area contributed by atoms with E-state index in [1.165, 1.54) is 5.69 Å². The third kappa shape index (κ3) is 5.58. The van der Waals surface area contributed by atoms with Crippen LogP contribution in [0.3, 0.4) is 0 Å². The molecule has 0 saturated heterocycles. The third-order valence-corrected chi connectivity index (χ3v) is 4.05. The van der Waals surface area contributed by atoms with Gasteiger partial charge in [-0.05, 0) is 41.8 Å². The number of methoxy groups -OCH3 is 2. The molecular formula is C20H28N4O2. The van der Waals surface area contributed by atoms with Crippen LogP contribution in [-0.4, -0.2) is 40.8 Å². The molecule has 0 unspecified atom stereocenters. The molecule has 0 saturated carbocycles. The van der Waals surface area contributed by atoms with Crippen LogP contribution in [0.15, 0.2) is 47.5 Å². The van der Waals surface area contributed by atoms with Crippen molar-refractivity contribution in [3.05, 3.63) is 53.6 Å². The fourth-order valence-electron chi connectivity index (χ4n) is 2.50. The number of nitrogens with zero attached hydrogens (tertiary/aromatic N) is 2. The van der Waals surface area contributed by atoms with Crippen LogP contribution in [0.25, 0.3) is 0 Å². The van der Waals surface area contributed by atoms with Crippen LogP contribution in [0.4, 0.5) is 5.69 Å². The van der Waals surface area contributed by atoms with E-state index in [0.29, 0.717) is 19.0 Å². The molecule has 0 amide bonds. The molecule has 2 rings (SSSR count). The molecule has 2 aromatic carbocycles. The van der Waals surface area contributed by atoms with E-state index in [1.807, 2.05) is 32.3 Å². The number of guanidine groups is 1. The van der Waals surface area contributed by atoms with Crippen molar-refractivity contribution in [2.24, 2.45) is 10.7 Å². The van der Waals surface area contributed by atoms with Crippen molar-refractivity contribution >= 4 is 11.6 Å². The van der Waals surface area contributed by atoms with Gasteiger partial charge in [-0.15, -0.1) is 0 Å². The van der Waals surface area contributed by atoms with E-state index in [-0.39, 0.29) is 0 Å². The number of rotatable bonds is 8. The Hall–Kier alpha value is -2.89. The number of nitrogens with one attached hydrogen (secondary N) is 1. The Morgan fingerprint density at radius 2 is 1.65 bits per heavy atom. The maximum atomic E-state index is 5.95. The zero-order valence-electron chi connectivity index (χ0n) is 16.0. The molecule has 0 atom stereocenters. The second-order valence-corrected chi connectivity index (χ2v) is 6.13. The highest BCUT2D eigenvalue weighted by atomic mass is 16.5. The molecule has 0 aliphatic carbocycles. The largest absolute Gasteiger partial charge is 0.493 e. The molecule has 0 aliphatic heterocycles. The predicted octanol–water partition coefficient (Wildman–Crippen LogP) is 2.42. The summed E-state index contributed by atoms with van der Waals surface area (Å²) in [7, 11) is 7.31. The Bertz CT molecular complexity index is 727. The second kappa shape index (κ2) is 9.56. The van der Waals surface area contributed by atoms with Gasteiger partial charge in [-0.25, -0.2) is 4.99 Å². The van der Waals surface area contributed by atoms with Crippen molar-refractivity contribution in [1.82, 2.24) is 5.32 Å². The lowest BCUT2D eigenvalue weighted by Gasteiger charge is -2.12. The van der Waals surface area contributed by atoms with Crippen LogP contribution in [-0.2, 0) is 13.0 Å². The Morgan fingerprint density at radius 1 is 1.00 bits per heavy atom. The molecule has 0 fully saturated rings. The average molecular weight is 356 g/mol. The smallest absolute Gasteiger partial charge is 0.188 e. The van der Waals surface area contributed by atoms with Gasteiger partial charge < -0.3 is 25.4 Å². The fourth-order valence-corrected chi connectivity index (χ4v) is 2.50. The zero-order chi connectivity index (χ0) is 18.9. The van der Waals surface area contributed by atoms with E-state index >= 15 is 0 Å². The molecule has 0 spiro atoms. The van der Waals surface area contributed by atoms with Crippen molar-refractivity contribution in [2.75, 3.05) is 39.8 Å². The van der Waals surface area contributed by atoms with Gasteiger partial charge in [0.15, 0.2) is 17.5 Å². The Balaban J connectivity index is 1.82. The van der Waals surface area contributed by atoms with E-state index in [1.54, 1.807) is 14.2 Å². The van der Waals surface area contributed by atoms with Crippen LogP contribution < -0.4 is 25.4 Å². The molecular weight excluding hydrogens is 328 g/mol. The van der Waals surface area contributed by atoms with Gasteiger partial charge in [0.1, 0.15) is 0 Å². The zero-order valence-corrected chi connectivity index (χ0v) is 16.0. The van der Waals surface area contributed by atoms with Gasteiger partial charge in [0, 0.05) is 26.3 Å². The summed E-state index contributed by atoms with van der Waals surface area (Å²) in [5, 5.41) is 3.14. The molecule has 0 heterocycles. The molecule has 0 radical (unpaired) electrons. The van der Waals surface area contributed by atoms with E-state index < -0.39 is 0 Å². The summed E-state index contributed by atoms with van der Waals surface area (Å²) in [6.07, 6.45) is 0.814. The monoisotopic (exact) mass is 356 g/mol. The summed E-state index contributed by atoms with van der Waals surface area (Å²) in [4.78, 5) is 6.45. The maximum Gasteiger partial charge on any atom is 0.188 e. The number of hydrogen-bond acceptors (Lipinski definition) is 4. The topological polar surface area (TPSA) is 72.1 Å². The number of aliphatic imine (C=N–C) groups is 1. The number of benzene rings is 2.